The third kappa shape index (κ3) is 1.62. The molecule has 0 atom stereocenters. The highest BCUT2D eigenvalue weighted by atomic mass is 16.1. The monoisotopic (exact) mass is 184 g/mol. The van der Waals surface area contributed by atoms with Crippen molar-refractivity contribution in [1.82, 2.24) is 0 Å². The summed E-state index contributed by atoms with van der Waals surface area (Å²) in [5.41, 5.74) is 2.27. The van der Waals surface area contributed by atoms with Gasteiger partial charge in [-0.25, -0.2) is 0 Å². The van der Waals surface area contributed by atoms with Gasteiger partial charge in [0.1, 0.15) is 0 Å². The van der Waals surface area contributed by atoms with E-state index < -0.39 is 0 Å². The molecule has 0 saturated carbocycles. The number of carbonyl (C=O) groups is 1. The third-order valence-electron chi connectivity index (χ3n) is 2.13. The average molecular weight is 184 g/mol. The van der Waals surface area contributed by atoms with Gasteiger partial charge in [0.2, 0.25) is 0 Å². The molecule has 0 aliphatic rings. The van der Waals surface area contributed by atoms with Gasteiger partial charge < -0.3 is 0 Å². The van der Waals surface area contributed by atoms with Gasteiger partial charge in [0.15, 0.2) is 6.29 Å². The highest BCUT2D eigenvalue weighted by Gasteiger charge is 2.08. The average Bonchev–Trinajstić information content (AvgIpc) is 2.21. The summed E-state index contributed by atoms with van der Waals surface area (Å²) in [5, 5.41) is 17.3. The molecule has 1 rings (SSSR count). The van der Waals surface area contributed by atoms with Gasteiger partial charge in [-0.05, 0) is 24.1 Å². The fraction of sp³-hybridized carbons (Fsp3) is 0.182. The van der Waals surface area contributed by atoms with Crippen molar-refractivity contribution in [3.63, 3.8) is 0 Å². The molecule has 1 aromatic carbocycles. The molecular weight excluding hydrogens is 176 g/mol. The van der Waals surface area contributed by atoms with Crippen LogP contribution in [0.15, 0.2) is 12.1 Å². The first-order valence-corrected chi connectivity index (χ1v) is 4.09. The first-order chi connectivity index (χ1) is 6.74. The van der Waals surface area contributed by atoms with Crippen LogP contribution in [-0.4, -0.2) is 6.29 Å². The van der Waals surface area contributed by atoms with Crippen molar-refractivity contribution >= 4 is 6.29 Å². The van der Waals surface area contributed by atoms with E-state index in [1.165, 1.54) is 0 Å². The highest BCUT2D eigenvalue weighted by Crippen LogP contribution is 2.16. The molecule has 0 fully saturated rings. The summed E-state index contributed by atoms with van der Waals surface area (Å²) in [6.07, 6.45) is 0.924. The van der Waals surface area contributed by atoms with E-state index in [1.807, 2.05) is 12.1 Å². The fourth-order valence-electron chi connectivity index (χ4n) is 1.30. The van der Waals surface area contributed by atoms with Crippen LogP contribution in [0, 0.1) is 29.6 Å². The predicted molar refractivity (Wildman–Crippen MR) is 50.6 cm³/mol. The Morgan fingerprint density at radius 1 is 1.43 bits per heavy atom. The summed E-state index contributed by atoms with van der Waals surface area (Å²) in [6.45, 7) is 1.75. The molecule has 0 aliphatic carbocycles. The van der Waals surface area contributed by atoms with Gasteiger partial charge in [-0.3, -0.25) is 4.79 Å². The van der Waals surface area contributed by atoms with Crippen LogP contribution < -0.4 is 0 Å². The maximum absolute atomic E-state index is 10.7. The SMILES string of the molecule is Cc1c(CC#N)ccc(C#N)c1C=O. The van der Waals surface area contributed by atoms with Crippen LogP contribution in [-0.2, 0) is 6.42 Å². The lowest BCUT2D eigenvalue weighted by Crippen LogP contribution is -1.97. The largest absolute Gasteiger partial charge is 0.298 e. The van der Waals surface area contributed by atoms with Gasteiger partial charge in [-0.15, -0.1) is 0 Å². The normalized spacial score (nSPS) is 8.79. The van der Waals surface area contributed by atoms with Crippen molar-refractivity contribution in [2.24, 2.45) is 0 Å². The highest BCUT2D eigenvalue weighted by molar-refractivity contribution is 5.82. The maximum atomic E-state index is 10.7. The second-order valence-electron chi connectivity index (χ2n) is 2.88. The molecular formula is C11H8N2O. The number of nitrogens with zero attached hydrogens (tertiary/aromatic N) is 2. The molecule has 0 aliphatic heterocycles. The molecule has 0 N–H and O–H groups in total. The van der Waals surface area contributed by atoms with Gasteiger partial charge in [0.05, 0.1) is 24.1 Å². The number of carbonyl (C=O) groups excluding carboxylic acids is 1. The number of hydrogen-bond acceptors (Lipinski definition) is 3. The van der Waals surface area contributed by atoms with E-state index in [0.717, 1.165) is 11.1 Å². The lowest BCUT2D eigenvalue weighted by Gasteiger charge is -2.05. The zero-order valence-electron chi connectivity index (χ0n) is 7.74. The van der Waals surface area contributed by atoms with Crippen molar-refractivity contribution in [3.05, 3.63) is 34.4 Å². The Kier molecular flexibility index (Phi) is 2.99. The number of hydrogen-bond donors (Lipinski definition) is 0. The molecule has 68 valence electrons. The van der Waals surface area contributed by atoms with E-state index in [0.29, 0.717) is 17.4 Å². The molecule has 0 unspecified atom stereocenters. The van der Waals surface area contributed by atoms with Gasteiger partial charge >= 0.3 is 0 Å². The summed E-state index contributed by atoms with van der Waals surface area (Å²) < 4.78 is 0. The Morgan fingerprint density at radius 3 is 2.64 bits per heavy atom. The standard InChI is InChI=1S/C11H8N2O/c1-8-9(4-5-12)2-3-10(6-13)11(8)7-14/h2-3,7H,4H2,1H3. The topological polar surface area (TPSA) is 64.7 Å². The number of rotatable bonds is 2. The minimum Gasteiger partial charge on any atom is -0.298 e. The Balaban J connectivity index is 3.38. The van der Waals surface area contributed by atoms with Gasteiger partial charge in [0.25, 0.3) is 0 Å². The first kappa shape index (κ1) is 9.95. The summed E-state index contributed by atoms with van der Waals surface area (Å²) in [4.78, 5) is 10.7. The molecule has 0 bridgehead atoms. The Labute approximate surface area is 82.2 Å². The van der Waals surface area contributed by atoms with Crippen molar-refractivity contribution in [3.8, 4) is 12.1 Å². The molecule has 0 amide bonds. The Hall–Kier alpha value is -2.13. The zero-order valence-corrected chi connectivity index (χ0v) is 7.74. The Morgan fingerprint density at radius 2 is 2.14 bits per heavy atom. The van der Waals surface area contributed by atoms with Crippen LogP contribution in [0.4, 0.5) is 0 Å². The molecule has 0 radical (unpaired) electrons. The lowest BCUT2D eigenvalue weighted by molar-refractivity contribution is 0.112. The van der Waals surface area contributed by atoms with Crippen LogP contribution in [0.25, 0.3) is 0 Å². The fourth-order valence-corrected chi connectivity index (χ4v) is 1.30. The van der Waals surface area contributed by atoms with E-state index in [2.05, 4.69) is 0 Å². The summed E-state index contributed by atoms with van der Waals surface area (Å²) in [6, 6.07) is 7.24. The van der Waals surface area contributed by atoms with Crippen LogP contribution in [0.3, 0.4) is 0 Å². The van der Waals surface area contributed by atoms with Crippen molar-refractivity contribution in [2.75, 3.05) is 0 Å². The molecule has 0 heterocycles. The van der Waals surface area contributed by atoms with Crippen LogP contribution in [0.2, 0.25) is 0 Å². The maximum Gasteiger partial charge on any atom is 0.151 e. The molecule has 14 heavy (non-hydrogen) atoms. The van der Waals surface area contributed by atoms with Gasteiger partial charge in [0, 0.05) is 5.56 Å². The molecule has 3 heteroatoms. The second-order valence-corrected chi connectivity index (χ2v) is 2.88. The van der Waals surface area contributed by atoms with Crippen molar-refractivity contribution in [2.45, 2.75) is 13.3 Å². The van der Waals surface area contributed by atoms with Crippen LogP contribution >= 0.6 is 0 Å². The number of nitriles is 2. The quantitative estimate of drug-likeness (QED) is 0.657. The predicted octanol–water partition coefficient (Wildman–Crippen LogP) is 1.75. The van der Waals surface area contributed by atoms with E-state index in [9.17, 15) is 4.79 Å². The summed E-state index contributed by atoms with van der Waals surface area (Å²) >= 11 is 0. The third-order valence-corrected chi connectivity index (χ3v) is 2.13. The van der Waals surface area contributed by atoms with Crippen LogP contribution in [0.1, 0.15) is 27.0 Å². The van der Waals surface area contributed by atoms with E-state index in [4.69, 9.17) is 10.5 Å². The van der Waals surface area contributed by atoms with Gasteiger partial charge in [-0.1, -0.05) is 6.07 Å². The van der Waals surface area contributed by atoms with E-state index in [-0.39, 0.29) is 6.42 Å². The van der Waals surface area contributed by atoms with Crippen molar-refractivity contribution in [1.29, 1.82) is 10.5 Å². The minimum atomic E-state index is 0.262. The Bertz CT molecular complexity index is 450. The van der Waals surface area contributed by atoms with Crippen molar-refractivity contribution < 1.29 is 4.79 Å². The van der Waals surface area contributed by atoms with E-state index in [1.54, 1.807) is 19.1 Å². The molecule has 0 saturated heterocycles. The lowest BCUT2D eigenvalue weighted by atomic mass is 9.97. The number of benzene rings is 1. The zero-order chi connectivity index (χ0) is 10.6. The summed E-state index contributed by atoms with van der Waals surface area (Å²) in [5.74, 6) is 0. The molecule has 0 spiro atoms. The minimum absolute atomic E-state index is 0.262. The summed E-state index contributed by atoms with van der Waals surface area (Å²) in [7, 11) is 0. The molecule has 1 aromatic rings. The number of aldehydes is 1. The smallest absolute Gasteiger partial charge is 0.151 e. The first-order valence-electron chi connectivity index (χ1n) is 4.09. The second kappa shape index (κ2) is 4.20. The van der Waals surface area contributed by atoms with E-state index >= 15 is 0 Å². The molecule has 3 nitrogen and oxygen atoms in total. The van der Waals surface area contributed by atoms with Gasteiger partial charge in [-0.2, -0.15) is 10.5 Å². The van der Waals surface area contributed by atoms with Crippen LogP contribution in [0.5, 0.6) is 0 Å². The molecule has 0 aromatic heterocycles.